The number of hydrazone groups is 1. The molecule has 126 valence electrons. The first-order valence-electron chi connectivity index (χ1n) is 6.44. The number of carbonyl (C=O) groups excluding carboxylic acids is 1. The van der Waals surface area contributed by atoms with Crippen molar-refractivity contribution in [2.45, 2.75) is 6.18 Å². The molecule has 0 heterocycles. The monoisotopic (exact) mass is 340 g/mol. The Hall–Kier alpha value is -3.23. The molecule has 0 unspecified atom stereocenters. The normalized spacial score (nSPS) is 11.6. The van der Waals surface area contributed by atoms with Crippen molar-refractivity contribution in [2.24, 2.45) is 5.10 Å². The van der Waals surface area contributed by atoms with Crippen LogP contribution < -0.4 is 5.43 Å². The van der Waals surface area contributed by atoms with E-state index in [1.54, 1.807) is 0 Å². The van der Waals surface area contributed by atoms with E-state index in [-0.39, 0.29) is 11.1 Å². The minimum atomic E-state index is -4.57. The van der Waals surface area contributed by atoms with Crippen LogP contribution in [0.2, 0.25) is 0 Å². The van der Waals surface area contributed by atoms with Gasteiger partial charge in [0, 0.05) is 11.1 Å². The molecular weight excluding hydrogens is 329 g/mol. The Morgan fingerprint density at radius 3 is 2.25 bits per heavy atom. The fourth-order valence-electron chi connectivity index (χ4n) is 1.83. The van der Waals surface area contributed by atoms with Gasteiger partial charge in [-0.15, -0.1) is 0 Å². The number of nitrogens with zero attached hydrogens (tertiary/aromatic N) is 1. The summed E-state index contributed by atoms with van der Waals surface area (Å²) in [5, 5.41) is 31.2. The van der Waals surface area contributed by atoms with E-state index in [1.165, 1.54) is 18.2 Å². The quantitative estimate of drug-likeness (QED) is 0.392. The first-order chi connectivity index (χ1) is 11.2. The summed E-state index contributed by atoms with van der Waals surface area (Å²) in [5.74, 6) is -3.16. The summed E-state index contributed by atoms with van der Waals surface area (Å²) in [6.07, 6.45) is -3.75. The Bertz CT molecular complexity index is 781. The van der Waals surface area contributed by atoms with E-state index in [0.29, 0.717) is 0 Å². The van der Waals surface area contributed by atoms with E-state index in [1.807, 2.05) is 5.43 Å². The van der Waals surface area contributed by atoms with Gasteiger partial charge < -0.3 is 15.3 Å². The summed E-state index contributed by atoms with van der Waals surface area (Å²) >= 11 is 0. The number of phenols is 3. The van der Waals surface area contributed by atoms with Crippen LogP contribution in [0.4, 0.5) is 13.2 Å². The zero-order valence-corrected chi connectivity index (χ0v) is 11.9. The van der Waals surface area contributed by atoms with E-state index in [2.05, 4.69) is 5.10 Å². The number of amides is 1. The van der Waals surface area contributed by atoms with Crippen LogP contribution in [-0.4, -0.2) is 27.4 Å². The third-order valence-corrected chi connectivity index (χ3v) is 2.97. The second-order valence-electron chi connectivity index (χ2n) is 4.65. The van der Waals surface area contributed by atoms with Crippen LogP contribution in [0.25, 0.3) is 0 Å². The molecule has 0 fully saturated rings. The zero-order chi connectivity index (χ0) is 17.9. The smallest absolute Gasteiger partial charge is 0.417 e. The van der Waals surface area contributed by atoms with Crippen molar-refractivity contribution >= 4 is 12.1 Å². The molecule has 0 radical (unpaired) electrons. The van der Waals surface area contributed by atoms with Gasteiger partial charge in [0.15, 0.2) is 17.2 Å². The van der Waals surface area contributed by atoms with Gasteiger partial charge in [0.25, 0.3) is 5.91 Å². The van der Waals surface area contributed by atoms with Crippen LogP contribution in [0.3, 0.4) is 0 Å². The maximum absolute atomic E-state index is 12.8. The summed E-state index contributed by atoms with van der Waals surface area (Å²) in [5.41, 5.74) is 0.551. The minimum absolute atomic E-state index is 0.246. The molecule has 0 saturated carbocycles. The van der Waals surface area contributed by atoms with Crippen molar-refractivity contribution in [2.75, 3.05) is 0 Å². The van der Waals surface area contributed by atoms with Crippen LogP contribution in [0.5, 0.6) is 17.2 Å². The number of rotatable bonds is 3. The fourth-order valence-corrected chi connectivity index (χ4v) is 1.83. The van der Waals surface area contributed by atoms with Gasteiger partial charge in [-0.1, -0.05) is 18.2 Å². The van der Waals surface area contributed by atoms with Crippen molar-refractivity contribution in [3.8, 4) is 17.2 Å². The number of phenolic OH excluding ortho intramolecular Hbond substituents is 3. The molecule has 4 N–H and O–H groups in total. The summed E-state index contributed by atoms with van der Waals surface area (Å²) in [4.78, 5) is 11.8. The fraction of sp³-hybridized carbons (Fsp3) is 0.0667. The molecule has 6 nitrogen and oxygen atoms in total. The summed E-state index contributed by atoms with van der Waals surface area (Å²) in [6, 6.07) is 6.39. The SMILES string of the molecule is O=C(NN=Cc1ccccc1C(F)(F)F)c1cc(O)c(O)c(O)c1. The Kier molecular flexibility index (Phi) is 4.63. The van der Waals surface area contributed by atoms with Crippen LogP contribution in [0.15, 0.2) is 41.5 Å². The van der Waals surface area contributed by atoms with Crippen molar-refractivity contribution in [3.05, 3.63) is 53.1 Å². The Morgan fingerprint density at radius 2 is 1.67 bits per heavy atom. The Labute approximate surface area is 133 Å². The molecule has 0 saturated heterocycles. The summed E-state index contributed by atoms with van der Waals surface area (Å²) in [6.45, 7) is 0. The lowest BCUT2D eigenvalue weighted by atomic mass is 10.1. The largest absolute Gasteiger partial charge is 0.504 e. The van der Waals surface area contributed by atoms with E-state index in [9.17, 15) is 33.3 Å². The number of alkyl halides is 3. The van der Waals surface area contributed by atoms with Crippen molar-refractivity contribution in [1.82, 2.24) is 5.43 Å². The highest BCUT2D eigenvalue weighted by Gasteiger charge is 2.32. The lowest BCUT2D eigenvalue weighted by molar-refractivity contribution is -0.137. The van der Waals surface area contributed by atoms with Gasteiger partial charge in [0.1, 0.15) is 0 Å². The molecular formula is C15H11F3N2O4. The van der Waals surface area contributed by atoms with Crippen molar-refractivity contribution in [3.63, 3.8) is 0 Å². The first kappa shape index (κ1) is 17.1. The van der Waals surface area contributed by atoms with Crippen LogP contribution in [-0.2, 0) is 6.18 Å². The highest BCUT2D eigenvalue weighted by atomic mass is 19.4. The number of halogens is 3. The molecule has 0 aliphatic heterocycles. The second kappa shape index (κ2) is 6.49. The second-order valence-corrected chi connectivity index (χ2v) is 4.65. The molecule has 0 aliphatic rings. The Morgan fingerprint density at radius 1 is 1.08 bits per heavy atom. The Balaban J connectivity index is 2.17. The number of nitrogens with one attached hydrogen (secondary N) is 1. The van der Waals surface area contributed by atoms with E-state index < -0.39 is 34.9 Å². The van der Waals surface area contributed by atoms with Gasteiger partial charge in [0.2, 0.25) is 0 Å². The lowest BCUT2D eigenvalue weighted by Gasteiger charge is -2.09. The number of carbonyl (C=O) groups is 1. The van der Waals surface area contributed by atoms with Crippen LogP contribution in [0.1, 0.15) is 21.5 Å². The van der Waals surface area contributed by atoms with Gasteiger partial charge in [-0.3, -0.25) is 4.79 Å². The highest BCUT2D eigenvalue weighted by Crippen LogP contribution is 2.35. The highest BCUT2D eigenvalue weighted by molar-refractivity contribution is 5.96. The molecule has 0 atom stereocenters. The predicted octanol–water partition coefficient (Wildman–Crippen LogP) is 2.59. The minimum Gasteiger partial charge on any atom is -0.504 e. The molecule has 1 amide bonds. The predicted molar refractivity (Wildman–Crippen MR) is 77.9 cm³/mol. The summed E-state index contributed by atoms with van der Waals surface area (Å²) in [7, 11) is 0. The topological polar surface area (TPSA) is 102 Å². The van der Waals surface area contributed by atoms with Crippen molar-refractivity contribution < 1.29 is 33.3 Å². The number of hydrogen-bond donors (Lipinski definition) is 4. The molecule has 2 aromatic carbocycles. The number of aromatic hydroxyl groups is 3. The maximum atomic E-state index is 12.8. The molecule has 2 aromatic rings. The molecule has 0 aromatic heterocycles. The molecule has 0 bridgehead atoms. The molecule has 2 rings (SSSR count). The molecule has 24 heavy (non-hydrogen) atoms. The average molecular weight is 340 g/mol. The average Bonchev–Trinajstić information content (AvgIpc) is 2.51. The van der Waals surface area contributed by atoms with E-state index in [4.69, 9.17) is 0 Å². The lowest BCUT2D eigenvalue weighted by Crippen LogP contribution is -2.18. The molecule has 0 aliphatic carbocycles. The third kappa shape index (κ3) is 3.75. The van der Waals surface area contributed by atoms with Crippen LogP contribution in [0, 0.1) is 0 Å². The van der Waals surface area contributed by atoms with Crippen molar-refractivity contribution in [1.29, 1.82) is 0 Å². The maximum Gasteiger partial charge on any atom is 0.417 e. The van der Waals surface area contributed by atoms with Gasteiger partial charge in [-0.05, 0) is 18.2 Å². The number of benzene rings is 2. The van der Waals surface area contributed by atoms with Gasteiger partial charge in [-0.2, -0.15) is 18.3 Å². The number of hydrogen-bond acceptors (Lipinski definition) is 5. The van der Waals surface area contributed by atoms with E-state index >= 15 is 0 Å². The molecule has 9 heteroatoms. The standard InChI is InChI=1S/C15H11F3N2O4/c16-15(17,18)10-4-2-1-3-8(10)7-19-20-14(24)9-5-11(21)13(23)12(22)6-9/h1-7,21-23H,(H,20,24). The van der Waals surface area contributed by atoms with Gasteiger partial charge in [0.05, 0.1) is 11.8 Å². The first-order valence-corrected chi connectivity index (χ1v) is 6.44. The van der Waals surface area contributed by atoms with Crippen LogP contribution >= 0.6 is 0 Å². The van der Waals surface area contributed by atoms with Gasteiger partial charge in [-0.25, -0.2) is 5.43 Å². The van der Waals surface area contributed by atoms with Gasteiger partial charge >= 0.3 is 6.18 Å². The van der Waals surface area contributed by atoms with E-state index in [0.717, 1.165) is 24.4 Å². The summed E-state index contributed by atoms with van der Waals surface area (Å²) < 4.78 is 38.4. The third-order valence-electron chi connectivity index (χ3n) is 2.97. The molecule has 0 spiro atoms. The zero-order valence-electron chi connectivity index (χ0n) is 11.9.